The molecule has 0 saturated heterocycles. The van der Waals surface area contributed by atoms with Gasteiger partial charge in [-0.3, -0.25) is 0 Å². The molecule has 9 nitrogen and oxygen atoms in total. The molecule has 0 aliphatic rings. The second kappa shape index (κ2) is 22.2. The number of ether oxygens (including phenoxy) is 2. The molecule has 0 saturated carbocycles. The number of rotatable bonds is 18. The largest absolute Gasteiger partial charge is 0.462 e. The first-order chi connectivity index (χ1) is 25.2. The summed E-state index contributed by atoms with van der Waals surface area (Å²) >= 11 is 0. The Bertz CT molecular complexity index is 1540. The van der Waals surface area contributed by atoms with E-state index < -0.39 is 29.2 Å². The van der Waals surface area contributed by atoms with Crippen molar-refractivity contribution in [1.29, 1.82) is 0 Å². The molecule has 4 N–H and O–H groups in total. The van der Waals surface area contributed by atoms with E-state index in [9.17, 15) is 24.6 Å². The Morgan fingerprint density at radius 2 is 0.981 bits per heavy atom. The number of nitrogens with one attached hydrogen (secondary N) is 2. The van der Waals surface area contributed by atoms with Crippen molar-refractivity contribution in [2.75, 3.05) is 23.8 Å². The Hall–Kier alpha value is -4.31. The minimum Gasteiger partial charge on any atom is -0.462 e. The third-order valence-corrected chi connectivity index (χ3v) is 8.66. The zero-order valence-electron chi connectivity index (χ0n) is 34.3. The summed E-state index contributed by atoms with van der Waals surface area (Å²) < 4.78 is 11.1. The third-order valence-electron chi connectivity index (χ3n) is 8.66. The van der Waals surface area contributed by atoms with Gasteiger partial charge in [-0.05, 0) is 101 Å². The van der Waals surface area contributed by atoms with Crippen molar-refractivity contribution < 1.29 is 34.1 Å². The predicted molar refractivity (Wildman–Crippen MR) is 217 cm³/mol. The summed E-state index contributed by atoms with van der Waals surface area (Å²) in [4.78, 5) is 39.3. The average Bonchev–Trinajstić information content (AvgIpc) is 3.06. The number of urea groups is 1. The quantitative estimate of drug-likeness (QED) is 0.0882. The van der Waals surface area contributed by atoms with Gasteiger partial charge in [0.15, 0.2) is 0 Å². The molecule has 2 aromatic carbocycles. The number of anilines is 2. The van der Waals surface area contributed by atoms with E-state index in [0.717, 1.165) is 38.5 Å². The van der Waals surface area contributed by atoms with Gasteiger partial charge in [0.1, 0.15) is 11.2 Å². The highest BCUT2D eigenvalue weighted by Crippen LogP contribution is 2.23. The number of benzene rings is 2. The third kappa shape index (κ3) is 19.1. The monoisotopic (exact) mass is 744 g/mol. The van der Waals surface area contributed by atoms with Crippen molar-refractivity contribution >= 4 is 29.3 Å². The summed E-state index contributed by atoms with van der Waals surface area (Å²) in [7, 11) is 0. The Kier molecular flexibility index (Phi) is 18.8. The first kappa shape index (κ1) is 45.8. The molecular weight excluding hydrogens is 681 g/mol. The van der Waals surface area contributed by atoms with Gasteiger partial charge in [-0.25, -0.2) is 14.4 Å². The molecule has 2 aromatic rings. The lowest BCUT2D eigenvalue weighted by atomic mass is 9.98. The molecule has 54 heavy (non-hydrogen) atoms. The molecule has 0 aliphatic heterocycles. The van der Waals surface area contributed by atoms with Gasteiger partial charge >= 0.3 is 18.0 Å². The molecule has 0 spiro atoms. The Morgan fingerprint density at radius 1 is 0.611 bits per heavy atom. The normalized spacial score (nSPS) is 12.6. The van der Waals surface area contributed by atoms with E-state index >= 15 is 0 Å². The van der Waals surface area contributed by atoms with Crippen LogP contribution in [0.4, 0.5) is 16.2 Å². The van der Waals surface area contributed by atoms with Crippen LogP contribution in [0.5, 0.6) is 0 Å². The summed E-state index contributed by atoms with van der Waals surface area (Å²) in [5, 5.41) is 26.1. The molecule has 2 unspecified atom stereocenters. The maximum atomic E-state index is 13.4. The highest BCUT2D eigenvalue weighted by atomic mass is 16.5. The first-order valence-electron chi connectivity index (χ1n) is 19.4. The summed E-state index contributed by atoms with van der Waals surface area (Å²) in [5.41, 5.74) is -0.934. The Morgan fingerprint density at radius 3 is 1.31 bits per heavy atom. The summed E-state index contributed by atoms with van der Waals surface area (Å²) in [6.45, 7) is 19.9. The van der Waals surface area contributed by atoms with Crippen LogP contribution in [-0.2, 0) is 9.47 Å². The summed E-state index contributed by atoms with van der Waals surface area (Å²) in [5.74, 6) is 12.4. The Labute approximate surface area is 324 Å². The van der Waals surface area contributed by atoms with E-state index in [0.29, 0.717) is 59.4 Å². The molecule has 0 aliphatic carbocycles. The molecule has 0 radical (unpaired) electrons. The van der Waals surface area contributed by atoms with Gasteiger partial charge in [0.25, 0.3) is 0 Å². The van der Waals surface area contributed by atoms with Crippen molar-refractivity contribution in [2.24, 2.45) is 23.7 Å². The van der Waals surface area contributed by atoms with Crippen LogP contribution < -0.4 is 10.6 Å². The van der Waals surface area contributed by atoms with Gasteiger partial charge in [-0.1, -0.05) is 104 Å². The average molecular weight is 745 g/mol. The van der Waals surface area contributed by atoms with E-state index in [4.69, 9.17) is 9.47 Å². The van der Waals surface area contributed by atoms with Crippen LogP contribution >= 0.6 is 0 Å². The van der Waals surface area contributed by atoms with Crippen molar-refractivity contribution in [3.05, 3.63) is 58.7 Å². The fraction of sp³-hybridized carbons (Fsp3) is 0.578. The van der Waals surface area contributed by atoms with Crippen LogP contribution in [0.1, 0.15) is 152 Å². The molecule has 0 heterocycles. The molecule has 0 bridgehead atoms. The zero-order valence-corrected chi connectivity index (χ0v) is 34.3. The SMILES string of the molecule is CC(C)CCCC(C)CCOC(=O)c1ccc(NC(=O)Nc2ccc(C(=O)OCCC(C)CCCC(C)C)cc2C#CC(C)(C)O)c(C#CC(C)(C)O)c1. The fourth-order valence-electron chi connectivity index (χ4n) is 5.39. The minimum absolute atomic E-state index is 0.265. The highest BCUT2D eigenvalue weighted by Gasteiger charge is 2.17. The first-order valence-corrected chi connectivity index (χ1v) is 19.4. The van der Waals surface area contributed by atoms with E-state index in [1.807, 2.05) is 0 Å². The number of hydrogen-bond donors (Lipinski definition) is 4. The lowest BCUT2D eigenvalue weighted by Crippen LogP contribution is -2.21. The molecule has 2 rings (SSSR count). The van der Waals surface area contributed by atoms with Gasteiger partial charge < -0.3 is 30.3 Å². The van der Waals surface area contributed by atoms with Crippen molar-refractivity contribution in [1.82, 2.24) is 0 Å². The highest BCUT2D eigenvalue weighted by molar-refractivity contribution is 6.02. The van der Waals surface area contributed by atoms with Gasteiger partial charge in [-0.2, -0.15) is 0 Å². The van der Waals surface area contributed by atoms with Crippen molar-refractivity contribution in [2.45, 2.75) is 132 Å². The van der Waals surface area contributed by atoms with Crippen LogP contribution in [0.3, 0.4) is 0 Å². The minimum atomic E-state index is -1.33. The zero-order chi connectivity index (χ0) is 40.5. The van der Waals surface area contributed by atoms with E-state index in [1.165, 1.54) is 52.7 Å². The molecule has 9 heteroatoms. The second-order valence-electron chi connectivity index (χ2n) is 16.4. The van der Waals surface area contributed by atoms with Crippen LogP contribution in [0.25, 0.3) is 0 Å². The van der Waals surface area contributed by atoms with Crippen LogP contribution in [0.15, 0.2) is 36.4 Å². The number of carbonyl (C=O) groups excluding carboxylic acids is 3. The van der Waals surface area contributed by atoms with Gasteiger partial charge in [0, 0.05) is 11.1 Å². The number of esters is 2. The van der Waals surface area contributed by atoms with Gasteiger partial charge in [0.05, 0.1) is 35.7 Å². The fourth-order valence-corrected chi connectivity index (χ4v) is 5.39. The van der Waals surface area contributed by atoms with Crippen LogP contribution in [-0.4, -0.2) is 52.6 Å². The Balaban J connectivity index is 2.21. The molecule has 2 atom stereocenters. The maximum Gasteiger partial charge on any atom is 0.338 e. The van der Waals surface area contributed by atoms with E-state index in [-0.39, 0.29) is 11.1 Å². The summed E-state index contributed by atoms with van der Waals surface area (Å²) in [6.07, 6.45) is 8.33. The van der Waals surface area contributed by atoms with Crippen LogP contribution in [0, 0.1) is 47.4 Å². The van der Waals surface area contributed by atoms with Crippen LogP contribution in [0.2, 0.25) is 0 Å². The molecule has 2 amide bonds. The van der Waals surface area contributed by atoms with Gasteiger partial charge in [0.2, 0.25) is 0 Å². The molecule has 0 fully saturated rings. The van der Waals surface area contributed by atoms with E-state index in [1.54, 1.807) is 24.3 Å². The number of aliphatic hydroxyl groups is 2. The van der Waals surface area contributed by atoms with Crippen molar-refractivity contribution in [3.63, 3.8) is 0 Å². The smallest absolute Gasteiger partial charge is 0.338 e. The number of carbonyl (C=O) groups is 3. The predicted octanol–water partition coefficient (Wildman–Crippen LogP) is 9.59. The lowest BCUT2D eigenvalue weighted by Gasteiger charge is -2.15. The summed E-state index contributed by atoms with van der Waals surface area (Å²) in [6, 6.07) is 8.61. The van der Waals surface area contributed by atoms with Crippen molar-refractivity contribution in [3.8, 4) is 23.7 Å². The molecule has 296 valence electrons. The standard InChI is InChI=1S/C45H64N2O7/c1-31(2)13-11-15-33(5)23-27-53-41(48)37-17-19-39(35(29-37)21-25-44(7,8)51)46-43(50)47-40-20-18-38(30-36(40)22-26-45(9,10)52)42(49)54-28-24-34(6)16-12-14-32(3)4/h17-20,29-34,51-52H,11-16,23-24,27-28H2,1-10H3,(H2,46,47,50). The van der Waals surface area contributed by atoms with E-state index in [2.05, 4.69) is 75.9 Å². The lowest BCUT2D eigenvalue weighted by molar-refractivity contribution is 0.0474. The van der Waals surface area contributed by atoms with Gasteiger partial charge in [-0.15, -0.1) is 0 Å². The number of hydrogen-bond acceptors (Lipinski definition) is 7. The molecular formula is C45H64N2O7. The topological polar surface area (TPSA) is 134 Å². The number of amides is 2. The molecule has 0 aromatic heterocycles. The maximum absolute atomic E-state index is 13.4. The second-order valence-corrected chi connectivity index (χ2v) is 16.4.